The molecule has 0 saturated carbocycles. The molecule has 3 N–H and O–H groups in total. The largest absolute Gasteiger partial charge is 0.508 e. The van der Waals surface area contributed by atoms with Gasteiger partial charge in [0.25, 0.3) is 0 Å². The van der Waals surface area contributed by atoms with Crippen molar-refractivity contribution in [3.63, 3.8) is 0 Å². The van der Waals surface area contributed by atoms with E-state index in [2.05, 4.69) is 11.9 Å². The van der Waals surface area contributed by atoms with Gasteiger partial charge in [0.1, 0.15) is 5.75 Å². The molecule has 0 aliphatic carbocycles. The van der Waals surface area contributed by atoms with E-state index >= 15 is 0 Å². The van der Waals surface area contributed by atoms with Crippen LogP contribution < -0.4 is 15.2 Å². The summed E-state index contributed by atoms with van der Waals surface area (Å²) in [6.07, 6.45) is 0.992. The predicted octanol–water partition coefficient (Wildman–Crippen LogP) is 1.07. The Morgan fingerprint density at radius 1 is 1.44 bits per heavy atom. The Labute approximate surface area is 106 Å². The van der Waals surface area contributed by atoms with Crippen LogP contribution in [0, 0.1) is 5.92 Å². The molecule has 98 valence electrons. The van der Waals surface area contributed by atoms with E-state index in [0.29, 0.717) is 18.2 Å². The van der Waals surface area contributed by atoms with E-state index in [1.54, 1.807) is 12.1 Å². The SMILES string of the molecule is CN1CC(CN)CC1c1cc(O)cc2c1OCO2. The van der Waals surface area contributed by atoms with Gasteiger partial charge in [0.15, 0.2) is 11.5 Å². The third kappa shape index (κ3) is 1.79. The first-order valence-electron chi connectivity index (χ1n) is 6.22. The lowest BCUT2D eigenvalue weighted by Crippen LogP contribution is -2.20. The first kappa shape index (κ1) is 11.6. The quantitative estimate of drug-likeness (QED) is 0.822. The van der Waals surface area contributed by atoms with E-state index in [4.69, 9.17) is 15.2 Å². The van der Waals surface area contributed by atoms with E-state index in [-0.39, 0.29) is 18.6 Å². The number of hydrogen-bond donors (Lipinski definition) is 2. The lowest BCUT2D eigenvalue weighted by molar-refractivity contribution is 0.171. The van der Waals surface area contributed by atoms with Crippen molar-refractivity contribution in [3.05, 3.63) is 17.7 Å². The van der Waals surface area contributed by atoms with Crippen molar-refractivity contribution >= 4 is 0 Å². The molecule has 2 aliphatic heterocycles. The van der Waals surface area contributed by atoms with E-state index in [9.17, 15) is 5.11 Å². The van der Waals surface area contributed by atoms with Gasteiger partial charge in [-0.15, -0.1) is 0 Å². The second kappa shape index (κ2) is 4.33. The molecule has 0 radical (unpaired) electrons. The first-order valence-corrected chi connectivity index (χ1v) is 6.22. The molecular formula is C13H18N2O3. The van der Waals surface area contributed by atoms with Crippen LogP contribution in [0.2, 0.25) is 0 Å². The highest BCUT2D eigenvalue weighted by Crippen LogP contribution is 2.46. The van der Waals surface area contributed by atoms with Crippen LogP contribution in [0.15, 0.2) is 12.1 Å². The molecule has 0 bridgehead atoms. The molecule has 0 aromatic heterocycles. The molecule has 0 amide bonds. The van der Waals surface area contributed by atoms with Crippen molar-refractivity contribution in [1.82, 2.24) is 4.90 Å². The van der Waals surface area contributed by atoms with Crippen LogP contribution in [0.1, 0.15) is 18.0 Å². The number of phenolic OH excluding ortho intramolecular Hbond substituents is 1. The zero-order valence-electron chi connectivity index (χ0n) is 10.4. The van der Waals surface area contributed by atoms with Gasteiger partial charge in [-0.1, -0.05) is 0 Å². The molecule has 5 heteroatoms. The summed E-state index contributed by atoms with van der Waals surface area (Å²) >= 11 is 0. The Morgan fingerprint density at radius 3 is 3.00 bits per heavy atom. The van der Waals surface area contributed by atoms with Crippen LogP contribution in [0.3, 0.4) is 0 Å². The Balaban J connectivity index is 1.97. The van der Waals surface area contributed by atoms with Gasteiger partial charge < -0.3 is 20.3 Å². The van der Waals surface area contributed by atoms with Gasteiger partial charge in [0, 0.05) is 24.2 Å². The van der Waals surface area contributed by atoms with Crippen molar-refractivity contribution in [2.45, 2.75) is 12.5 Å². The summed E-state index contributed by atoms with van der Waals surface area (Å²) in [5.74, 6) is 2.12. The zero-order valence-corrected chi connectivity index (χ0v) is 10.4. The summed E-state index contributed by atoms with van der Waals surface area (Å²) in [7, 11) is 2.08. The average Bonchev–Trinajstić information content (AvgIpc) is 2.94. The van der Waals surface area contributed by atoms with Crippen molar-refractivity contribution in [1.29, 1.82) is 0 Å². The topological polar surface area (TPSA) is 68.0 Å². The monoisotopic (exact) mass is 250 g/mol. The summed E-state index contributed by atoms with van der Waals surface area (Å²) in [4.78, 5) is 2.26. The van der Waals surface area contributed by atoms with Gasteiger partial charge >= 0.3 is 0 Å². The van der Waals surface area contributed by atoms with Gasteiger partial charge in [-0.3, -0.25) is 4.90 Å². The fourth-order valence-electron chi connectivity index (χ4n) is 2.91. The number of rotatable bonds is 2. The minimum absolute atomic E-state index is 0.221. The standard InChI is InChI=1S/C13H18N2O3/c1-15-6-8(5-14)2-11(15)10-3-9(16)4-12-13(10)18-7-17-12/h3-4,8,11,16H,2,5-7,14H2,1H3. The highest BCUT2D eigenvalue weighted by molar-refractivity contribution is 5.54. The summed E-state index contributed by atoms with van der Waals surface area (Å²) in [5.41, 5.74) is 6.75. The lowest BCUT2D eigenvalue weighted by Gasteiger charge is -2.21. The van der Waals surface area contributed by atoms with Gasteiger partial charge in [0.05, 0.1) is 0 Å². The zero-order chi connectivity index (χ0) is 12.7. The van der Waals surface area contributed by atoms with Crippen LogP contribution in [0.25, 0.3) is 0 Å². The number of nitrogens with two attached hydrogens (primary N) is 1. The van der Waals surface area contributed by atoms with Gasteiger partial charge in [-0.05, 0) is 32.0 Å². The Morgan fingerprint density at radius 2 is 2.28 bits per heavy atom. The lowest BCUT2D eigenvalue weighted by atomic mass is 9.98. The Hall–Kier alpha value is -1.46. The number of nitrogens with zero attached hydrogens (tertiary/aromatic N) is 1. The third-order valence-electron chi connectivity index (χ3n) is 3.81. The molecule has 3 rings (SSSR count). The molecule has 1 aromatic rings. The van der Waals surface area contributed by atoms with E-state index in [0.717, 1.165) is 24.3 Å². The summed E-state index contributed by atoms with van der Waals surface area (Å²) in [6, 6.07) is 3.61. The second-order valence-corrected chi connectivity index (χ2v) is 5.06. The smallest absolute Gasteiger partial charge is 0.231 e. The minimum Gasteiger partial charge on any atom is -0.508 e. The molecule has 2 heterocycles. The summed E-state index contributed by atoms with van der Waals surface area (Å²) in [5, 5.41) is 9.77. The van der Waals surface area contributed by atoms with Gasteiger partial charge in [-0.25, -0.2) is 0 Å². The van der Waals surface area contributed by atoms with E-state index in [1.807, 2.05) is 0 Å². The number of fused-ring (bicyclic) bond motifs is 1. The first-order chi connectivity index (χ1) is 8.69. The van der Waals surface area contributed by atoms with Crippen molar-refractivity contribution in [3.8, 4) is 17.2 Å². The number of benzene rings is 1. The van der Waals surface area contributed by atoms with E-state index in [1.165, 1.54) is 0 Å². The molecule has 2 unspecified atom stereocenters. The van der Waals surface area contributed by atoms with Gasteiger partial charge in [0.2, 0.25) is 6.79 Å². The van der Waals surface area contributed by atoms with Crippen LogP contribution in [0.4, 0.5) is 0 Å². The molecule has 1 saturated heterocycles. The van der Waals surface area contributed by atoms with Crippen molar-refractivity contribution in [2.75, 3.05) is 26.9 Å². The highest BCUT2D eigenvalue weighted by atomic mass is 16.7. The normalized spacial score (nSPS) is 26.8. The molecule has 2 aliphatic rings. The molecular weight excluding hydrogens is 232 g/mol. The number of likely N-dealkylation sites (tertiary alicyclic amines) is 1. The summed E-state index contributed by atoms with van der Waals surface area (Å²) in [6.45, 7) is 1.90. The molecule has 1 aromatic carbocycles. The fraction of sp³-hybridized carbons (Fsp3) is 0.538. The molecule has 1 fully saturated rings. The Kier molecular flexibility index (Phi) is 2.80. The van der Waals surface area contributed by atoms with Crippen LogP contribution in [-0.4, -0.2) is 36.9 Å². The molecule has 2 atom stereocenters. The van der Waals surface area contributed by atoms with Crippen molar-refractivity contribution in [2.24, 2.45) is 11.7 Å². The maximum absolute atomic E-state index is 9.77. The maximum atomic E-state index is 9.77. The highest BCUT2D eigenvalue weighted by Gasteiger charge is 2.34. The number of phenols is 1. The van der Waals surface area contributed by atoms with Crippen LogP contribution in [0.5, 0.6) is 17.2 Å². The molecule has 18 heavy (non-hydrogen) atoms. The third-order valence-corrected chi connectivity index (χ3v) is 3.81. The number of aromatic hydroxyl groups is 1. The fourth-order valence-corrected chi connectivity index (χ4v) is 2.91. The van der Waals surface area contributed by atoms with Gasteiger partial charge in [-0.2, -0.15) is 0 Å². The summed E-state index contributed by atoms with van der Waals surface area (Å²) < 4.78 is 10.9. The van der Waals surface area contributed by atoms with Crippen LogP contribution in [-0.2, 0) is 0 Å². The van der Waals surface area contributed by atoms with Crippen LogP contribution >= 0.6 is 0 Å². The predicted molar refractivity (Wildman–Crippen MR) is 66.8 cm³/mol. The average molecular weight is 250 g/mol. The molecule has 0 spiro atoms. The number of hydrogen-bond acceptors (Lipinski definition) is 5. The molecule has 5 nitrogen and oxygen atoms in total. The Bertz CT molecular complexity index is 464. The minimum atomic E-state index is 0.221. The second-order valence-electron chi connectivity index (χ2n) is 5.06. The maximum Gasteiger partial charge on any atom is 0.231 e. The van der Waals surface area contributed by atoms with Crippen molar-refractivity contribution < 1.29 is 14.6 Å². The van der Waals surface area contributed by atoms with E-state index < -0.39 is 0 Å². The number of ether oxygens (including phenoxy) is 2.